The summed E-state index contributed by atoms with van der Waals surface area (Å²) in [6.45, 7) is 4.01. The fourth-order valence-corrected chi connectivity index (χ4v) is 4.13. The molecule has 1 aliphatic carbocycles. The molecule has 7 heteroatoms. The Balaban J connectivity index is 1.50. The van der Waals surface area contributed by atoms with E-state index < -0.39 is 5.60 Å². The Bertz CT molecular complexity index is 583. The molecule has 1 amide bonds. The quantitative estimate of drug-likeness (QED) is 0.873. The first-order valence-electron chi connectivity index (χ1n) is 9.45. The van der Waals surface area contributed by atoms with Crippen LogP contribution in [0.15, 0.2) is 4.52 Å². The first kappa shape index (κ1) is 18.3. The Labute approximate surface area is 149 Å². The van der Waals surface area contributed by atoms with Gasteiger partial charge in [-0.25, -0.2) is 0 Å². The van der Waals surface area contributed by atoms with Crippen LogP contribution in [0.3, 0.4) is 0 Å². The Kier molecular flexibility index (Phi) is 5.74. The number of amides is 1. The van der Waals surface area contributed by atoms with Crippen LogP contribution in [0.1, 0.15) is 63.1 Å². The second-order valence-corrected chi connectivity index (χ2v) is 7.72. The lowest BCUT2D eigenvalue weighted by Gasteiger charge is -2.28. The predicted octanol–water partition coefficient (Wildman–Crippen LogP) is 1.89. The van der Waals surface area contributed by atoms with Crippen molar-refractivity contribution in [3.8, 4) is 0 Å². The largest absolute Gasteiger partial charge is 0.389 e. The molecule has 1 aromatic rings. The lowest BCUT2D eigenvalue weighted by molar-refractivity contribution is -0.136. The fourth-order valence-electron chi connectivity index (χ4n) is 4.13. The number of hydrogen-bond donors (Lipinski definition) is 1. The molecular weight excluding hydrogens is 320 g/mol. The smallest absolute Gasteiger partial charge is 0.225 e. The zero-order valence-electron chi connectivity index (χ0n) is 15.4. The van der Waals surface area contributed by atoms with Gasteiger partial charge in [0.1, 0.15) is 0 Å². The van der Waals surface area contributed by atoms with Gasteiger partial charge in [0.2, 0.25) is 11.8 Å². The highest BCUT2D eigenvalue weighted by Crippen LogP contribution is 2.33. The van der Waals surface area contributed by atoms with Crippen molar-refractivity contribution in [1.29, 1.82) is 0 Å². The maximum Gasteiger partial charge on any atom is 0.225 e. The van der Waals surface area contributed by atoms with Crippen molar-refractivity contribution < 1.29 is 14.4 Å². The van der Waals surface area contributed by atoms with E-state index in [0.29, 0.717) is 24.3 Å². The lowest BCUT2D eigenvalue weighted by Crippen LogP contribution is -2.39. The maximum atomic E-state index is 12.6. The number of rotatable bonds is 5. The SMILES string of the molecule is Cc1nc(CN(C)C2CCCN(C(=O)CC3(O)CCCC3)CC2)no1. The first-order valence-corrected chi connectivity index (χ1v) is 9.45. The van der Waals surface area contributed by atoms with Crippen molar-refractivity contribution in [2.75, 3.05) is 20.1 Å². The average molecular weight is 350 g/mol. The van der Waals surface area contributed by atoms with Gasteiger partial charge in [-0.1, -0.05) is 18.0 Å². The molecule has 2 fully saturated rings. The zero-order chi connectivity index (χ0) is 17.9. The van der Waals surface area contributed by atoms with Gasteiger partial charge in [-0.3, -0.25) is 9.69 Å². The van der Waals surface area contributed by atoms with Crippen molar-refractivity contribution in [2.24, 2.45) is 0 Å². The second-order valence-electron chi connectivity index (χ2n) is 7.72. The number of aliphatic hydroxyl groups is 1. The number of carbonyl (C=O) groups is 1. The van der Waals surface area contributed by atoms with Gasteiger partial charge in [0.25, 0.3) is 0 Å². The van der Waals surface area contributed by atoms with Crippen LogP contribution in [0.4, 0.5) is 0 Å². The molecule has 1 atom stereocenters. The number of likely N-dealkylation sites (tertiary alicyclic amines) is 1. The van der Waals surface area contributed by atoms with Gasteiger partial charge in [0.15, 0.2) is 5.82 Å². The molecule has 2 aliphatic rings. The standard InChI is InChI=1S/C18H30N4O3/c1-14-19-16(20-25-14)13-21(2)15-6-5-10-22(11-7-15)17(23)12-18(24)8-3-4-9-18/h15,24H,3-13H2,1-2H3. The third-order valence-corrected chi connectivity index (χ3v) is 5.65. The summed E-state index contributed by atoms with van der Waals surface area (Å²) in [5.41, 5.74) is -0.754. The van der Waals surface area contributed by atoms with Crippen LogP contribution in [0.25, 0.3) is 0 Å². The van der Waals surface area contributed by atoms with Gasteiger partial charge in [-0.15, -0.1) is 0 Å². The summed E-state index contributed by atoms with van der Waals surface area (Å²) >= 11 is 0. The number of hydrogen-bond acceptors (Lipinski definition) is 6. The lowest BCUT2D eigenvalue weighted by atomic mass is 9.97. The molecule has 3 rings (SSSR count). The molecular formula is C18H30N4O3. The predicted molar refractivity (Wildman–Crippen MR) is 92.8 cm³/mol. The molecule has 0 radical (unpaired) electrons. The summed E-state index contributed by atoms with van der Waals surface area (Å²) in [5, 5.41) is 14.5. The van der Waals surface area contributed by atoms with E-state index in [2.05, 4.69) is 22.1 Å². The first-order chi connectivity index (χ1) is 12.0. The molecule has 1 aliphatic heterocycles. The minimum absolute atomic E-state index is 0.112. The van der Waals surface area contributed by atoms with Gasteiger partial charge < -0.3 is 14.5 Å². The Morgan fingerprint density at radius 2 is 2.08 bits per heavy atom. The van der Waals surface area contributed by atoms with Gasteiger partial charge in [0.05, 0.1) is 18.6 Å². The van der Waals surface area contributed by atoms with E-state index in [0.717, 1.165) is 58.0 Å². The molecule has 25 heavy (non-hydrogen) atoms. The van der Waals surface area contributed by atoms with Crippen LogP contribution >= 0.6 is 0 Å². The highest BCUT2D eigenvalue weighted by atomic mass is 16.5. The minimum Gasteiger partial charge on any atom is -0.389 e. The Morgan fingerprint density at radius 3 is 2.76 bits per heavy atom. The monoisotopic (exact) mass is 350 g/mol. The molecule has 1 N–H and O–H groups in total. The van der Waals surface area contributed by atoms with E-state index in [1.807, 2.05) is 4.90 Å². The van der Waals surface area contributed by atoms with Crippen LogP contribution in [0.2, 0.25) is 0 Å². The van der Waals surface area contributed by atoms with Gasteiger partial charge in [-0.05, 0) is 39.2 Å². The topological polar surface area (TPSA) is 82.7 Å². The van der Waals surface area contributed by atoms with E-state index in [9.17, 15) is 9.90 Å². The summed E-state index contributed by atoms with van der Waals surface area (Å²) in [5.74, 6) is 1.41. The molecule has 0 aromatic carbocycles. The number of nitrogens with zero attached hydrogens (tertiary/aromatic N) is 4. The highest BCUT2D eigenvalue weighted by molar-refractivity contribution is 5.77. The Morgan fingerprint density at radius 1 is 1.32 bits per heavy atom. The van der Waals surface area contributed by atoms with Crippen LogP contribution < -0.4 is 0 Å². The average Bonchev–Trinajstić information content (AvgIpc) is 3.07. The zero-order valence-corrected chi connectivity index (χ0v) is 15.4. The highest BCUT2D eigenvalue weighted by Gasteiger charge is 2.35. The third kappa shape index (κ3) is 4.79. The van der Waals surface area contributed by atoms with E-state index in [1.165, 1.54) is 0 Å². The second kappa shape index (κ2) is 7.83. The van der Waals surface area contributed by atoms with Crippen molar-refractivity contribution in [2.45, 2.75) is 76.5 Å². The summed E-state index contributed by atoms with van der Waals surface area (Å²) in [4.78, 5) is 21.1. The van der Waals surface area contributed by atoms with Gasteiger partial charge in [-0.2, -0.15) is 4.98 Å². The number of aromatic nitrogens is 2. The van der Waals surface area contributed by atoms with Gasteiger partial charge in [0, 0.05) is 26.1 Å². The van der Waals surface area contributed by atoms with Crippen LogP contribution in [-0.2, 0) is 11.3 Å². The van der Waals surface area contributed by atoms with Crippen LogP contribution in [0.5, 0.6) is 0 Å². The fraction of sp³-hybridized carbons (Fsp3) is 0.833. The van der Waals surface area contributed by atoms with Crippen molar-refractivity contribution in [3.05, 3.63) is 11.7 Å². The van der Waals surface area contributed by atoms with E-state index in [4.69, 9.17) is 4.52 Å². The summed E-state index contributed by atoms with van der Waals surface area (Å²) < 4.78 is 5.03. The maximum absolute atomic E-state index is 12.6. The number of aryl methyl sites for hydroxylation is 1. The molecule has 7 nitrogen and oxygen atoms in total. The van der Waals surface area contributed by atoms with Gasteiger partial charge >= 0.3 is 0 Å². The normalized spacial score (nSPS) is 23.8. The molecule has 0 bridgehead atoms. The van der Waals surface area contributed by atoms with E-state index in [-0.39, 0.29) is 12.3 Å². The third-order valence-electron chi connectivity index (χ3n) is 5.65. The number of carbonyl (C=O) groups excluding carboxylic acids is 1. The summed E-state index contributed by atoms with van der Waals surface area (Å²) in [6.07, 6.45) is 6.88. The molecule has 1 unspecified atom stereocenters. The molecule has 2 heterocycles. The summed E-state index contributed by atoms with van der Waals surface area (Å²) in [7, 11) is 2.08. The molecule has 1 aromatic heterocycles. The van der Waals surface area contributed by atoms with E-state index >= 15 is 0 Å². The van der Waals surface area contributed by atoms with Crippen molar-refractivity contribution in [3.63, 3.8) is 0 Å². The Hall–Kier alpha value is -1.47. The molecule has 0 spiro atoms. The van der Waals surface area contributed by atoms with Crippen molar-refractivity contribution in [1.82, 2.24) is 19.9 Å². The summed E-state index contributed by atoms with van der Waals surface area (Å²) in [6, 6.07) is 0.408. The van der Waals surface area contributed by atoms with Crippen LogP contribution in [-0.4, -0.2) is 62.7 Å². The van der Waals surface area contributed by atoms with Crippen molar-refractivity contribution >= 4 is 5.91 Å². The van der Waals surface area contributed by atoms with Crippen LogP contribution in [0, 0.1) is 6.92 Å². The molecule has 1 saturated carbocycles. The van der Waals surface area contributed by atoms with E-state index in [1.54, 1.807) is 6.92 Å². The molecule has 140 valence electrons. The molecule has 1 saturated heterocycles. The minimum atomic E-state index is -0.754.